The molecule has 594 valence electrons. The minimum Gasteiger partial charge on any atom is -0.460 e. The van der Waals surface area contributed by atoms with E-state index in [1.165, 1.54) is 0 Å². The number of unbranched alkanes of at least 4 members (excludes halogenated alkanes) is 3. The van der Waals surface area contributed by atoms with Gasteiger partial charge in [0.2, 0.25) is 23.8 Å². The van der Waals surface area contributed by atoms with Gasteiger partial charge in [0, 0.05) is 164 Å². The number of piperidine rings is 8. The monoisotopic (exact) mass is 1450 g/mol. The molecule has 10 heterocycles. The molecule has 0 radical (unpaired) electrons. The Balaban J connectivity index is 1.04. The summed E-state index contributed by atoms with van der Waals surface area (Å²) < 4.78 is 14.7. The second-order valence-electron chi connectivity index (χ2n) is 45.9. The van der Waals surface area contributed by atoms with E-state index in [0.717, 1.165) is 165 Å². The molecule has 20 heteroatoms. The van der Waals surface area contributed by atoms with Crippen molar-refractivity contribution in [3.63, 3.8) is 0 Å². The Bertz CT molecular complexity index is 2870. The van der Waals surface area contributed by atoms with Crippen LogP contribution in [0.3, 0.4) is 0 Å². The lowest BCUT2D eigenvalue weighted by Gasteiger charge is -2.55. The third-order valence-electron chi connectivity index (χ3n) is 24.0. The molecule has 0 amide bonds. The highest BCUT2D eigenvalue weighted by atomic mass is 16.5. The summed E-state index contributed by atoms with van der Waals surface area (Å²) in [5, 5.41) is 32.1. The first kappa shape index (κ1) is 83.0. The van der Waals surface area contributed by atoms with Crippen LogP contribution in [-0.4, -0.2) is 180 Å². The Morgan fingerprint density at radius 2 is 0.404 bits per heavy atom. The van der Waals surface area contributed by atoms with Crippen molar-refractivity contribution < 1.29 is 9.47 Å². The summed E-state index contributed by atoms with van der Waals surface area (Å²) in [6.45, 7) is 77.2. The van der Waals surface area contributed by atoms with Gasteiger partial charge in [0.05, 0.1) is 0 Å². The Labute approximate surface area is 634 Å². The maximum atomic E-state index is 7.35. The molecule has 20 nitrogen and oxygen atoms in total. The molecule has 0 spiro atoms. The van der Waals surface area contributed by atoms with Gasteiger partial charge in [-0.15, -0.1) is 0 Å². The van der Waals surface area contributed by atoms with Crippen LogP contribution in [0.4, 0.5) is 23.8 Å². The molecule has 0 bridgehead atoms. The van der Waals surface area contributed by atoms with E-state index in [9.17, 15) is 0 Å². The molecule has 0 aliphatic carbocycles. The molecule has 10 rings (SSSR count). The van der Waals surface area contributed by atoms with Crippen molar-refractivity contribution in [1.82, 2.24) is 72.4 Å². The summed E-state index contributed by atoms with van der Waals surface area (Å²) in [4.78, 5) is 45.0. The number of hydrogen-bond acceptors (Lipinski definition) is 20. The molecule has 8 aliphatic rings. The molecule has 8 N–H and O–H groups in total. The number of nitrogens with zero attached hydrogens (tertiary/aromatic N) is 10. The normalized spacial score (nSPS) is 28.4. The highest BCUT2D eigenvalue weighted by molar-refractivity contribution is 5.47. The van der Waals surface area contributed by atoms with Gasteiger partial charge in [-0.25, -0.2) is 0 Å². The molecule has 8 aliphatic heterocycles. The van der Waals surface area contributed by atoms with Crippen LogP contribution in [0.5, 0.6) is 12.0 Å². The van der Waals surface area contributed by atoms with Crippen LogP contribution in [-0.2, 0) is 0 Å². The van der Waals surface area contributed by atoms with Gasteiger partial charge in [-0.1, -0.05) is 12.8 Å². The van der Waals surface area contributed by atoms with Crippen LogP contribution in [0.2, 0.25) is 0 Å². The molecular formula is C84H156N18O2. The summed E-state index contributed by atoms with van der Waals surface area (Å²) in [7, 11) is 0. The lowest BCUT2D eigenvalue weighted by Crippen LogP contribution is -2.67. The zero-order valence-corrected chi connectivity index (χ0v) is 72.5. The summed E-state index contributed by atoms with van der Waals surface area (Å²) in [5.74, 6) is 2.99. The van der Waals surface area contributed by atoms with Crippen molar-refractivity contribution in [1.29, 1.82) is 0 Å². The fourth-order valence-corrected chi connectivity index (χ4v) is 24.1. The SMILES string of the molecule is CC1(C)CC(Oc2nc(N(CCCCCCN(c3nc(OC4CC(C)(C)NC(C)(C)C4)nc(N(C4CC(C)(C)NC(C)(C)C4)C4CC(C)(C)NC(C)(C)C4)n3)C3CC(C)(C)NC(C)(C)C3)C3CC(C)(C)NC(C)(C)C3)nc(N(C3CC(C)(C)NC(C)(C)C3)C3CC(C)(C)NC(C)(C)C3)n2)CC(C)(C)N1. The number of nitrogens with one attached hydrogen (secondary N) is 8. The number of ether oxygens (including phenoxy) is 2. The highest BCUT2D eigenvalue weighted by Crippen LogP contribution is 2.46. The summed E-state index contributed by atoms with van der Waals surface area (Å²) in [6.07, 6.45) is 18.7. The predicted octanol–water partition coefficient (Wildman–Crippen LogP) is 14.8. The lowest BCUT2D eigenvalue weighted by atomic mass is 9.75. The molecule has 0 atom stereocenters. The van der Waals surface area contributed by atoms with E-state index in [-0.39, 0.29) is 137 Å². The van der Waals surface area contributed by atoms with E-state index in [1.807, 2.05) is 0 Å². The van der Waals surface area contributed by atoms with Crippen molar-refractivity contribution in [2.24, 2.45) is 0 Å². The lowest BCUT2D eigenvalue weighted by molar-refractivity contribution is 0.0489. The van der Waals surface area contributed by atoms with Crippen LogP contribution in [0.1, 0.15) is 350 Å². The zero-order valence-electron chi connectivity index (χ0n) is 72.5. The van der Waals surface area contributed by atoms with Gasteiger partial charge in [-0.05, 0) is 311 Å². The van der Waals surface area contributed by atoms with Crippen LogP contribution in [0.25, 0.3) is 0 Å². The van der Waals surface area contributed by atoms with E-state index in [1.54, 1.807) is 0 Å². The van der Waals surface area contributed by atoms with Crippen molar-refractivity contribution in [3.05, 3.63) is 0 Å². The highest BCUT2D eigenvalue weighted by Gasteiger charge is 2.52. The minimum atomic E-state index is -0.134. The van der Waals surface area contributed by atoms with Crippen molar-refractivity contribution in [3.8, 4) is 12.0 Å². The average Bonchev–Trinajstić information content (AvgIpc) is 0.787. The molecule has 104 heavy (non-hydrogen) atoms. The van der Waals surface area contributed by atoms with E-state index in [2.05, 4.69) is 284 Å². The van der Waals surface area contributed by atoms with Crippen LogP contribution < -0.4 is 71.6 Å². The topological polar surface area (TPSA) is 205 Å². The van der Waals surface area contributed by atoms with E-state index < -0.39 is 0 Å². The molecule has 8 saturated heterocycles. The second-order valence-corrected chi connectivity index (χ2v) is 45.9. The fraction of sp³-hybridized carbons (Fsp3) is 0.929. The first-order valence-corrected chi connectivity index (χ1v) is 41.3. The average molecular weight is 1450 g/mol. The van der Waals surface area contributed by atoms with E-state index in [4.69, 9.17) is 39.4 Å². The fourth-order valence-electron chi connectivity index (χ4n) is 24.1. The number of anilines is 4. The van der Waals surface area contributed by atoms with Gasteiger partial charge in [0.25, 0.3) is 0 Å². The summed E-state index contributed by atoms with van der Waals surface area (Å²) >= 11 is 0. The molecule has 0 saturated carbocycles. The van der Waals surface area contributed by atoms with Gasteiger partial charge in [0.15, 0.2) is 0 Å². The molecule has 0 unspecified atom stereocenters. The van der Waals surface area contributed by atoms with E-state index in [0.29, 0.717) is 12.0 Å². The van der Waals surface area contributed by atoms with Gasteiger partial charge in [-0.3, -0.25) is 0 Å². The number of aromatic nitrogens is 6. The van der Waals surface area contributed by atoms with Gasteiger partial charge < -0.3 is 71.6 Å². The largest absolute Gasteiger partial charge is 0.460 e. The molecule has 0 aromatic carbocycles. The van der Waals surface area contributed by atoms with Crippen molar-refractivity contribution >= 4 is 23.8 Å². The minimum absolute atomic E-state index is 0.0851. The Hall–Kier alpha value is -3.50. The molecule has 2 aromatic rings. The zero-order chi connectivity index (χ0) is 77.3. The third-order valence-corrected chi connectivity index (χ3v) is 24.0. The smallest absolute Gasteiger partial charge is 0.323 e. The van der Waals surface area contributed by atoms with E-state index >= 15 is 0 Å². The second kappa shape index (κ2) is 28.4. The van der Waals surface area contributed by atoms with Crippen molar-refractivity contribution in [2.75, 3.05) is 32.7 Å². The van der Waals surface area contributed by atoms with Crippen LogP contribution in [0, 0.1) is 0 Å². The Kier molecular flexibility index (Phi) is 22.6. The summed E-state index contributed by atoms with van der Waals surface area (Å²) in [5.41, 5.74) is -1.95. The maximum Gasteiger partial charge on any atom is 0.323 e. The Morgan fingerprint density at radius 3 is 0.606 bits per heavy atom. The number of hydrogen-bond donors (Lipinski definition) is 8. The first-order valence-electron chi connectivity index (χ1n) is 41.3. The predicted molar refractivity (Wildman–Crippen MR) is 434 cm³/mol. The molecule has 8 fully saturated rings. The molecular weight excluding hydrogens is 1290 g/mol. The van der Waals surface area contributed by atoms with Crippen LogP contribution >= 0.6 is 0 Å². The van der Waals surface area contributed by atoms with Crippen LogP contribution in [0.15, 0.2) is 0 Å². The summed E-state index contributed by atoms with van der Waals surface area (Å²) in [6, 6.07) is 1.89. The molecule has 2 aromatic heterocycles. The maximum absolute atomic E-state index is 7.35. The number of rotatable bonds is 21. The van der Waals surface area contributed by atoms with Gasteiger partial charge >= 0.3 is 12.0 Å². The standard InChI is InChI=1S/C84H156N18O2/c1-69(2)39-55(40-70(3,4)91-69)99(63-85-65(89-67(87-63)103-61-51-81(25,26)97-82(27,28)52-61)101(57-43-73(9,10)93-74(11,12)44-57)58-45-75(13,14)94-76(15,16)46-58)37-35-33-34-36-38-100(56-41-71(5,6)92-72(7,8)42-56)64-86-66(90-68(88-64)104-62-53-83(29,30)98-84(31,32)54-62)102(59-47-77(17,18)95-78(19,20)48-59)60-49-79(21,22)96-80(23,24)50-60/h55-62,91-98H,33-54H2,1-32H3. The van der Waals surface area contributed by atoms with Crippen molar-refractivity contribution in [2.45, 2.75) is 487 Å². The quantitative estimate of drug-likeness (QED) is 0.0547. The third kappa shape index (κ3) is 22.2. The van der Waals surface area contributed by atoms with Gasteiger partial charge in [-0.2, -0.15) is 29.9 Å². The van der Waals surface area contributed by atoms with Gasteiger partial charge in [0.1, 0.15) is 12.2 Å². The first-order chi connectivity index (χ1) is 47.0. The Morgan fingerprint density at radius 1 is 0.231 bits per heavy atom.